The number of nitrogens with zero attached hydrogens (tertiary/aromatic N) is 2. The van der Waals surface area contributed by atoms with Crippen LogP contribution in [0.1, 0.15) is 19.0 Å². The Hall–Kier alpha value is -1.14. The van der Waals surface area contributed by atoms with Gasteiger partial charge in [0.05, 0.1) is 0 Å². The molecule has 6 heteroatoms. The molecular formula is C12H14BrN3OS. The summed E-state index contributed by atoms with van der Waals surface area (Å²) in [7, 11) is 0. The minimum atomic E-state index is 0.430. The molecule has 0 amide bonds. The quantitative estimate of drug-likeness (QED) is 0.878. The molecule has 2 aromatic rings. The summed E-state index contributed by atoms with van der Waals surface area (Å²) in [4.78, 5) is 0. The summed E-state index contributed by atoms with van der Waals surface area (Å²) in [6.07, 6.45) is 1.07. The molecular weight excluding hydrogens is 314 g/mol. The minimum Gasteiger partial charge on any atom is -0.487 e. The number of nitrogens with one attached hydrogen (secondary N) is 1. The second-order valence-electron chi connectivity index (χ2n) is 3.72. The van der Waals surface area contributed by atoms with Gasteiger partial charge in [-0.05, 0) is 24.6 Å². The molecule has 1 aromatic carbocycles. The number of anilines is 1. The largest absolute Gasteiger partial charge is 0.487 e. The first-order valence-electron chi connectivity index (χ1n) is 5.73. The summed E-state index contributed by atoms with van der Waals surface area (Å²) >= 11 is 4.78. The number of hydrogen-bond donors (Lipinski definition) is 1. The van der Waals surface area contributed by atoms with Crippen LogP contribution in [0.25, 0.3) is 0 Å². The zero-order valence-electron chi connectivity index (χ0n) is 10.0. The van der Waals surface area contributed by atoms with Crippen molar-refractivity contribution in [3.05, 3.63) is 34.4 Å². The fourth-order valence-electron chi connectivity index (χ4n) is 1.38. The molecule has 0 saturated heterocycles. The van der Waals surface area contributed by atoms with Crippen LogP contribution in [0.4, 0.5) is 5.00 Å². The molecule has 96 valence electrons. The maximum absolute atomic E-state index is 5.69. The van der Waals surface area contributed by atoms with E-state index in [1.54, 1.807) is 0 Å². The molecule has 0 bridgehead atoms. The van der Waals surface area contributed by atoms with Crippen molar-refractivity contribution in [2.75, 3.05) is 11.9 Å². The number of rotatable bonds is 6. The van der Waals surface area contributed by atoms with E-state index in [0.717, 1.165) is 33.9 Å². The maximum atomic E-state index is 5.69. The first-order chi connectivity index (χ1) is 8.79. The molecule has 1 heterocycles. The highest BCUT2D eigenvalue weighted by Gasteiger charge is 2.08. The minimum absolute atomic E-state index is 0.430. The molecule has 1 aromatic heterocycles. The van der Waals surface area contributed by atoms with Crippen molar-refractivity contribution < 1.29 is 4.74 Å². The SMILES string of the molecule is CCCNc1snnc1COc1cccc(Br)c1. The summed E-state index contributed by atoms with van der Waals surface area (Å²) in [5, 5.41) is 8.36. The van der Waals surface area contributed by atoms with E-state index in [9.17, 15) is 0 Å². The average molecular weight is 328 g/mol. The lowest BCUT2D eigenvalue weighted by Crippen LogP contribution is -2.03. The van der Waals surface area contributed by atoms with Gasteiger partial charge in [-0.25, -0.2) is 0 Å². The van der Waals surface area contributed by atoms with E-state index in [0.29, 0.717) is 6.61 Å². The Morgan fingerprint density at radius 1 is 1.44 bits per heavy atom. The molecule has 2 rings (SSSR count). The third kappa shape index (κ3) is 3.68. The molecule has 0 fully saturated rings. The standard InChI is InChI=1S/C12H14BrN3OS/c1-2-6-14-12-11(15-16-18-12)8-17-10-5-3-4-9(13)7-10/h3-5,7,14H,2,6,8H2,1H3. The van der Waals surface area contributed by atoms with Gasteiger partial charge in [0, 0.05) is 22.5 Å². The molecule has 0 spiro atoms. The molecule has 0 saturated carbocycles. The van der Waals surface area contributed by atoms with Crippen LogP contribution in [-0.2, 0) is 6.61 Å². The average Bonchev–Trinajstić information content (AvgIpc) is 2.81. The Kier molecular flexibility index (Phi) is 4.95. The van der Waals surface area contributed by atoms with E-state index in [-0.39, 0.29) is 0 Å². The van der Waals surface area contributed by atoms with Crippen LogP contribution < -0.4 is 10.1 Å². The third-order valence-electron chi connectivity index (χ3n) is 2.26. The van der Waals surface area contributed by atoms with Gasteiger partial charge >= 0.3 is 0 Å². The van der Waals surface area contributed by atoms with Gasteiger partial charge in [-0.2, -0.15) is 0 Å². The fraction of sp³-hybridized carbons (Fsp3) is 0.333. The maximum Gasteiger partial charge on any atom is 0.136 e. The predicted molar refractivity (Wildman–Crippen MR) is 77.2 cm³/mol. The number of hydrogen-bond acceptors (Lipinski definition) is 5. The van der Waals surface area contributed by atoms with Gasteiger partial charge in [-0.3, -0.25) is 0 Å². The van der Waals surface area contributed by atoms with Crippen LogP contribution in [-0.4, -0.2) is 16.1 Å². The van der Waals surface area contributed by atoms with Crippen molar-refractivity contribution >= 4 is 32.5 Å². The van der Waals surface area contributed by atoms with Crippen LogP contribution >= 0.6 is 27.5 Å². The number of benzene rings is 1. The normalized spacial score (nSPS) is 10.3. The Morgan fingerprint density at radius 3 is 3.11 bits per heavy atom. The summed E-state index contributed by atoms with van der Waals surface area (Å²) in [6.45, 7) is 3.48. The lowest BCUT2D eigenvalue weighted by atomic mass is 10.3. The van der Waals surface area contributed by atoms with Gasteiger partial charge < -0.3 is 10.1 Å². The van der Waals surface area contributed by atoms with Crippen molar-refractivity contribution in [1.82, 2.24) is 9.59 Å². The lowest BCUT2D eigenvalue weighted by Gasteiger charge is -2.06. The van der Waals surface area contributed by atoms with Crippen LogP contribution in [0.3, 0.4) is 0 Å². The monoisotopic (exact) mass is 327 g/mol. The molecule has 1 N–H and O–H groups in total. The number of aromatic nitrogens is 2. The van der Waals surface area contributed by atoms with Crippen LogP contribution in [0.2, 0.25) is 0 Å². The molecule has 18 heavy (non-hydrogen) atoms. The van der Waals surface area contributed by atoms with E-state index in [2.05, 4.69) is 37.8 Å². The summed E-state index contributed by atoms with van der Waals surface area (Å²) in [5.74, 6) is 0.818. The first kappa shape index (κ1) is 13.3. The van der Waals surface area contributed by atoms with Crippen LogP contribution in [0.5, 0.6) is 5.75 Å². The lowest BCUT2D eigenvalue weighted by molar-refractivity contribution is 0.301. The smallest absolute Gasteiger partial charge is 0.136 e. The summed E-state index contributed by atoms with van der Waals surface area (Å²) < 4.78 is 10.6. The second kappa shape index (κ2) is 6.70. The zero-order chi connectivity index (χ0) is 12.8. The van der Waals surface area contributed by atoms with E-state index < -0.39 is 0 Å². The molecule has 0 radical (unpaired) electrons. The van der Waals surface area contributed by atoms with E-state index in [1.165, 1.54) is 11.5 Å². The van der Waals surface area contributed by atoms with Gasteiger partial charge in [-0.15, -0.1) is 5.10 Å². The molecule has 0 aliphatic heterocycles. The fourth-order valence-corrected chi connectivity index (χ4v) is 2.36. The predicted octanol–water partition coefficient (Wildman–Crippen LogP) is 3.70. The Labute approximate surface area is 119 Å². The van der Waals surface area contributed by atoms with E-state index >= 15 is 0 Å². The van der Waals surface area contributed by atoms with Gasteiger partial charge in [0.2, 0.25) is 0 Å². The van der Waals surface area contributed by atoms with Crippen molar-refractivity contribution in [2.24, 2.45) is 0 Å². The first-order valence-corrected chi connectivity index (χ1v) is 7.29. The highest BCUT2D eigenvalue weighted by atomic mass is 79.9. The number of halogens is 1. The van der Waals surface area contributed by atoms with E-state index in [4.69, 9.17) is 4.74 Å². The van der Waals surface area contributed by atoms with Gasteiger partial charge in [0.25, 0.3) is 0 Å². The highest BCUT2D eigenvalue weighted by molar-refractivity contribution is 9.10. The summed E-state index contributed by atoms with van der Waals surface area (Å²) in [6, 6.07) is 7.75. The molecule has 4 nitrogen and oxygen atoms in total. The van der Waals surface area contributed by atoms with Crippen molar-refractivity contribution in [1.29, 1.82) is 0 Å². The molecule has 0 unspecified atom stereocenters. The summed E-state index contributed by atoms with van der Waals surface area (Å²) in [5.41, 5.74) is 0.855. The highest BCUT2D eigenvalue weighted by Crippen LogP contribution is 2.22. The molecule has 0 atom stereocenters. The van der Waals surface area contributed by atoms with Crippen molar-refractivity contribution in [3.63, 3.8) is 0 Å². The van der Waals surface area contributed by atoms with Gasteiger partial charge in [0.15, 0.2) is 0 Å². The Balaban J connectivity index is 1.95. The van der Waals surface area contributed by atoms with Gasteiger partial charge in [0.1, 0.15) is 23.1 Å². The topological polar surface area (TPSA) is 47.0 Å². The Morgan fingerprint density at radius 2 is 2.33 bits per heavy atom. The molecule has 0 aliphatic rings. The van der Waals surface area contributed by atoms with Crippen molar-refractivity contribution in [2.45, 2.75) is 20.0 Å². The number of ether oxygens (including phenoxy) is 1. The van der Waals surface area contributed by atoms with Crippen molar-refractivity contribution in [3.8, 4) is 5.75 Å². The second-order valence-corrected chi connectivity index (χ2v) is 5.39. The molecule has 0 aliphatic carbocycles. The van der Waals surface area contributed by atoms with Gasteiger partial charge in [-0.1, -0.05) is 33.4 Å². The van der Waals surface area contributed by atoms with E-state index in [1.807, 2.05) is 24.3 Å². The third-order valence-corrected chi connectivity index (χ3v) is 3.48. The van der Waals surface area contributed by atoms with Crippen LogP contribution in [0.15, 0.2) is 28.7 Å². The Bertz CT molecular complexity index is 504. The van der Waals surface area contributed by atoms with Crippen LogP contribution in [0, 0.1) is 0 Å². The zero-order valence-corrected chi connectivity index (χ0v) is 12.4.